The van der Waals surface area contributed by atoms with Crippen molar-refractivity contribution in [2.75, 3.05) is 29.9 Å². The van der Waals surface area contributed by atoms with Crippen molar-refractivity contribution in [1.29, 1.82) is 0 Å². The van der Waals surface area contributed by atoms with Gasteiger partial charge in [-0.05, 0) is 31.7 Å². The highest BCUT2D eigenvalue weighted by atomic mass is 16.3. The summed E-state index contributed by atoms with van der Waals surface area (Å²) in [7, 11) is 0. The van der Waals surface area contributed by atoms with E-state index >= 15 is 0 Å². The quantitative estimate of drug-likeness (QED) is 0.892. The minimum absolute atomic E-state index is 0.391. The topological polar surface area (TPSA) is 61.3 Å². The van der Waals surface area contributed by atoms with Crippen LogP contribution in [0.4, 0.5) is 11.8 Å². The fraction of sp³-hybridized carbons (Fsp3) is 0.750. The summed E-state index contributed by atoms with van der Waals surface area (Å²) in [4.78, 5) is 11.2. The van der Waals surface area contributed by atoms with Crippen LogP contribution < -0.4 is 10.2 Å². The molecule has 0 radical (unpaired) electrons. The number of hydrogen-bond acceptors (Lipinski definition) is 5. The molecule has 5 nitrogen and oxygen atoms in total. The standard InChI is InChI=1S/C16H26N4O/c1-2-9-17-15-18-10-6-14(19-15)20-11-8-16(21)7-4-3-5-13(16)12-20/h6,10,13,21H,2-5,7-9,11-12H2,1H3,(H,17,18,19). The van der Waals surface area contributed by atoms with Crippen molar-refractivity contribution in [3.8, 4) is 0 Å². The van der Waals surface area contributed by atoms with E-state index < -0.39 is 5.60 Å². The maximum Gasteiger partial charge on any atom is 0.224 e. The summed E-state index contributed by atoms with van der Waals surface area (Å²) in [5.41, 5.74) is -0.426. The van der Waals surface area contributed by atoms with Crippen molar-refractivity contribution in [2.45, 2.75) is 51.0 Å². The number of piperidine rings is 1. The van der Waals surface area contributed by atoms with Gasteiger partial charge in [-0.3, -0.25) is 0 Å². The molecule has 116 valence electrons. The van der Waals surface area contributed by atoms with E-state index in [0.717, 1.165) is 51.1 Å². The SMILES string of the molecule is CCCNc1nccc(N2CCC3(O)CCCCC3C2)n1. The number of hydrogen-bond donors (Lipinski definition) is 2. The fourth-order valence-corrected chi connectivity index (χ4v) is 3.63. The van der Waals surface area contributed by atoms with Crippen molar-refractivity contribution < 1.29 is 5.11 Å². The molecule has 1 aromatic rings. The maximum absolute atomic E-state index is 10.8. The van der Waals surface area contributed by atoms with Gasteiger partial charge in [0.25, 0.3) is 0 Å². The molecule has 1 aliphatic heterocycles. The van der Waals surface area contributed by atoms with Gasteiger partial charge in [0.15, 0.2) is 0 Å². The van der Waals surface area contributed by atoms with Gasteiger partial charge in [0.1, 0.15) is 5.82 Å². The largest absolute Gasteiger partial charge is 0.389 e. The van der Waals surface area contributed by atoms with Crippen LogP contribution in [0.25, 0.3) is 0 Å². The first-order valence-corrected chi connectivity index (χ1v) is 8.25. The zero-order chi connectivity index (χ0) is 14.7. The van der Waals surface area contributed by atoms with Crippen LogP contribution in [-0.4, -0.2) is 40.3 Å². The molecule has 2 N–H and O–H groups in total. The molecular weight excluding hydrogens is 264 g/mol. The average Bonchev–Trinajstić information content (AvgIpc) is 2.52. The highest BCUT2D eigenvalue weighted by molar-refractivity contribution is 5.43. The van der Waals surface area contributed by atoms with E-state index in [2.05, 4.69) is 27.1 Å². The second kappa shape index (κ2) is 6.18. The molecule has 2 fully saturated rings. The molecule has 2 unspecified atom stereocenters. The molecule has 1 aromatic heterocycles. The molecular formula is C16H26N4O. The Morgan fingerprint density at radius 2 is 2.33 bits per heavy atom. The van der Waals surface area contributed by atoms with Gasteiger partial charge in [-0.1, -0.05) is 19.8 Å². The molecule has 0 bridgehead atoms. The number of nitrogens with one attached hydrogen (secondary N) is 1. The Morgan fingerprint density at radius 3 is 3.19 bits per heavy atom. The van der Waals surface area contributed by atoms with Crippen molar-refractivity contribution >= 4 is 11.8 Å². The summed E-state index contributed by atoms with van der Waals surface area (Å²) in [5, 5.41) is 14.0. The van der Waals surface area contributed by atoms with Gasteiger partial charge in [-0.15, -0.1) is 0 Å². The number of anilines is 2. The third kappa shape index (κ3) is 3.12. The molecule has 1 saturated carbocycles. The van der Waals surface area contributed by atoms with Crippen LogP contribution >= 0.6 is 0 Å². The number of fused-ring (bicyclic) bond motifs is 1. The Labute approximate surface area is 126 Å². The smallest absolute Gasteiger partial charge is 0.224 e. The highest BCUT2D eigenvalue weighted by Gasteiger charge is 2.42. The van der Waals surface area contributed by atoms with Gasteiger partial charge >= 0.3 is 0 Å². The zero-order valence-electron chi connectivity index (χ0n) is 12.9. The highest BCUT2D eigenvalue weighted by Crippen LogP contribution is 2.40. The molecule has 2 heterocycles. The van der Waals surface area contributed by atoms with Gasteiger partial charge in [-0.25, -0.2) is 4.98 Å². The van der Waals surface area contributed by atoms with Crippen LogP contribution in [0.5, 0.6) is 0 Å². The molecule has 1 saturated heterocycles. The Balaban J connectivity index is 1.70. The van der Waals surface area contributed by atoms with E-state index in [1.165, 1.54) is 12.8 Å². The van der Waals surface area contributed by atoms with Crippen LogP contribution in [0, 0.1) is 5.92 Å². The minimum atomic E-state index is -0.426. The number of aliphatic hydroxyl groups is 1. The molecule has 2 atom stereocenters. The van der Waals surface area contributed by atoms with E-state index in [0.29, 0.717) is 11.9 Å². The van der Waals surface area contributed by atoms with Crippen LogP contribution in [0.2, 0.25) is 0 Å². The normalized spacial score (nSPS) is 29.0. The predicted octanol–water partition coefficient (Wildman–Crippen LogP) is 2.43. The molecule has 5 heteroatoms. The molecule has 0 aromatic carbocycles. The lowest BCUT2D eigenvalue weighted by Gasteiger charge is -2.47. The number of aromatic nitrogens is 2. The first kappa shape index (κ1) is 14.6. The summed E-state index contributed by atoms with van der Waals surface area (Å²) >= 11 is 0. The third-order valence-corrected chi connectivity index (χ3v) is 4.93. The Morgan fingerprint density at radius 1 is 1.43 bits per heavy atom. The van der Waals surface area contributed by atoms with Gasteiger partial charge in [0.2, 0.25) is 5.95 Å². The van der Waals surface area contributed by atoms with Crippen LogP contribution in [-0.2, 0) is 0 Å². The van der Waals surface area contributed by atoms with Crippen molar-refractivity contribution in [2.24, 2.45) is 5.92 Å². The van der Waals surface area contributed by atoms with Crippen molar-refractivity contribution in [3.63, 3.8) is 0 Å². The van der Waals surface area contributed by atoms with Gasteiger partial charge in [0, 0.05) is 31.7 Å². The summed E-state index contributed by atoms with van der Waals surface area (Å²) in [6.07, 6.45) is 8.27. The van der Waals surface area contributed by atoms with Gasteiger partial charge in [0.05, 0.1) is 5.60 Å². The fourth-order valence-electron chi connectivity index (χ4n) is 3.63. The second-order valence-corrected chi connectivity index (χ2v) is 6.41. The predicted molar refractivity (Wildman–Crippen MR) is 84.6 cm³/mol. The third-order valence-electron chi connectivity index (χ3n) is 4.93. The van der Waals surface area contributed by atoms with Crippen molar-refractivity contribution in [1.82, 2.24) is 9.97 Å². The Bertz CT molecular complexity index is 481. The maximum atomic E-state index is 10.8. The molecule has 3 rings (SSSR count). The van der Waals surface area contributed by atoms with E-state index in [-0.39, 0.29) is 0 Å². The summed E-state index contributed by atoms with van der Waals surface area (Å²) in [5.74, 6) is 2.08. The van der Waals surface area contributed by atoms with E-state index in [4.69, 9.17) is 0 Å². The second-order valence-electron chi connectivity index (χ2n) is 6.41. The molecule has 1 aliphatic carbocycles. The van der Waals surface area contributed by atoms with Crippen LogP contribution in [0.1, 0.15) is 45.4 Å². The number of rotatable bonds is 4. The lowest BCUT2D eigenvalue weighted by atomic mass is 9.71. The zero-order valence-corrected chi connectivity index (χ0v) is 12.9. The Hall–Kier alpha value is -1.36. The lowest BCUT2D eigenvalue weighted by molar-refractivity contribution is -0.0613. The monoisotopic (exact) mass is 290 g/mol. The van der Waals surface area contributed by atoms with E-state index in [1.807, 2.05) is 12.3 Å². The van der Waals surface area contributed by atoms with Crippen LogP contribution in [0.3, 0.4) is 0 Å². The molecule has 21 heavy (non-hydrogen) atoms. The minimum Gasteiger partial charge on any atom is -0.389 e. The van der Waals surface area contributed by atoms with Crippen molar-refractivity contribution in [3.05, 3.63) is 12.3 Å². The molecule has 0 spiro atoms. The molecule has 2 aliphatic rings. The van der Waals surface area contributed by atoms with Crippen LogP contribution in [0.15, 0.2) is 12.3 Å². The lowest BCUT2D eigenvalue weighted by Crippen LogP contribution is -2.53. The first-order chi connectivity index (χ1) is 10.2. The first-order valence-electron chi connectivity index (χ1n) is 8.25. The van der Waals surface area contributed by atoms with E-state index in [9.17, 15) is 5.11 Å². The summed E-state index contributed by atoms with van der Waals surface area (Å²) in [6, 6.07) is 1.98. The summed E-state index contributed by atoms with van der Waals surface area (Å²) in [6.45, 7) is 4.83. The Kier molecular flexibility index (Phi) is 4.29. The number of nitrogens with zero attached hydrogens (tertiary/aromatic N) is 3. The average molecular weight is 290 g/mol. The van der Waals surface area contributed by atoms with Gasteiger partial charge in [-0.2, -0.15) is 4.98 Å². The van der Waals surface area contributed by atoms with Gasteiger partial charge < -0.3 is 15.3 Å². The summed E-state index contributed by atoms with van der Waals surface area (Å²) < 4.78 is 0. The molecule has 0 amide bonds. The van der Waals surface area contributed by atoms with E-state index in [1.54, 1.807) is 0 Å².